The molecule has 1 aromatic heterocycles. The summed E-state index contributed by atoms with van der Waals surface area (Å²) in [6.07, 6.45) is -3.11. The number of hydrogen-bond acceptors (Lipinski definition) is 1. The van der Waals surface area contributed by atoms with Crippen LogP contribution >= 0.6 is 0 Å². The zero-order valence-electron chi connectivity index (χ0n) is 8.31. The number of nitrogens with zero attached hydrogens (tertiary/aromatic N) is 1. The van der Waals surface area contributed by atoms with E-state index in [2.05, 4.69) is 4.98 Å². The smallest absolute Gasteiger partial charge is 0.251 e. The average Bonchev–Trinajstić information content (AvgIpc) is 2.01. The lowest BCUT2D eigenvalue weighted by Crippen LogP contribution is -2.13. The Kier molecular flexibility index (Phi) is 2.83. The molecule has 0 N–H and O–H groups in total. The molecule has 0 radical (unpaired) electrons. The predicted octanol–water partition coefficient (Wildman–Crippen LogP) is 3.53. The summed E-state index contributed by atoms with van der Waals surface area (Å²) < 4.78 is 37.4. The third kappa shape index (κ3) is 2.25. The third-order valence-electron chi connectivity index (χ3n) is 1.94. The first kappa shape index (κ1) is 11.0. The molecule has 0 fully saturated rings. The normalized spacial score (nSPS) is 12.2. The number of aryl methyl sites for hydroxylation is 1. The van der Waals surface area contributed by atoms with Crippen molar-refractivity contribution < 1.29 is 13.2 Å². The average molecular weight is 203 g/mol. The summed E-state index contributed by atoms with van der Waals surface area (Å²) in [5, 5.41) is 0. The van der Waals surface area contributed by atoms with E-state index in [0.29, 0.717) is 0 Å². The van der Waals surface area contributed by atoms with Crippen molar-refractivity contribution in [2.24, 2.45) is 0 Å². The van der Waals surface area contributed by atoms with Crippen molar-refractivity contribution >= 4 is 0 Å². The number of pyridine rings is 1. The maximum absolute atomic E-state index is 12.5. The van der Waals surface area contributed by atoms with Crippen LogP contribution in [0.25, 0.3) is 0 Å². The van der Waals surface area contributed by atoms with E-state index in [1.165, 1.54) is 6.20 Å². The van der Waals surface area contributed by atoms with Crippen LogP contribution in [0.5, 0.6) is 0 Å². The second-order valence-electron chi connectivity index (χ2n) is 3.60. The molecule has 0 spiro atoms. The first-order valence-electron chi connectivity index (χ1n) is 4.36. The highest BCUT2D eigenvalue weighted by Gasteiger charge is 2.35. The number of aromatic nitrogens is 1. The molecule has 0 saturated carbocycles. The molecule has 1 aromatic rings. The SMILES string of the molecule is Cc1cnc(C(F)(F)F)c(C(C)C)c1. The van der Waals surface area contributed by atoms with Crippen LogP contribution < -0.4 is 0 Å². The quantitative estimate of drug-likeness (QED) is 0.680. The molecule has 1 nitrogen and oxygen atoms in total. The van der Waals surface area contributed by atoms with E-state index >= 15 is 0 Å². The minimum atomic E-state index is -4.35. The topological polar surface area (TPSA) is 12.9 Å². The van der Waals surface area contributed by atoms with E-state index in [1.807, 2.05) is 0 Å². The van der Waals surface area contributed by atoms with Crippen molar-refractivity contribution in [3.8, 4) is 0 Å². The Morgan fingerprint density at radius 2 is 1.86 bits per heavy atom. The van der Waals surface area contributed by atoms with Crippen LogP contribution in [0.1, 0.15) is 36.6 Å². The fourth-order valence-electron chi connectivity index (χ4n) is 1.27. The van der Waals surface area contributed by atoms with Crippen LogP contribution in [-0.2, 0) is 6.18 Å². The van der Waals surface area contributed by atoms with Gasteiger partial charge in [-0.3, -0.25) is 4.98 Å². The highest BCUT2D eigenvalue weighted by molar-refractivity contribution is 5.29. The molecule has 0 aromatic carbocycles. The summed E-state index contributed by atoms with van der Waals surface area (Å²) in [5.74, 6) is -0.168. The van der Waals surface area contributed by atoms with Gasteiger partial charge in [0.05, 0.1) is 0 Å². The maximum Gasteiger partial charge on any atom is 0.433 e. The fraction of sp³-hybridized carbons (Fsp3) is 0.500. The monoisotopic (exact) mass is 203 g/mol. The molecule has 0 aliphatic carbocycles. The molecule has 0 atom stereocenters. The van der Waals surface area contributed by atoms with E-state index in [9.17, 15) is 13.2 Å². The molecule has 0 aliphatic heterocycles. The van der Waals surface area contributed by atoms with Crippen molar-refractivity contribution in [3.05, 3.63) is 29.1 Å². The van der Waals surface area contributed by atoms with Crippen LogP contribution in [0.15, 0.2) is 12.3 Å². The van der Waals surface area contributed by atoms with Gasteiger partial charge in [-0.05, 0) is 24.0 Å². The molecule has 14 heavy (non-hydrogen) atoms. The Morgan fingerprint density at radius 3 is 2.29 bits per heavy atom. The summed E-state index contributed by atoms with van der Waals surface area (Å²) in [4.78, 5) is 3.45. The van der Waals surface area contributed by atoms with Gasteiger partial charge in [0.1, 0.15) is 5.69 Å². The van der Waals surface area contributed by atoms with Gasteiger partial charge in [0.15, 0.2) is 0 Å². The Morgan fingerprint density at radius 1 is 1.29 bits per heavy atom. The highest BCUT2D eigenvalue weighted by atomic mass is 19.4. The van der Waals surface area contributed by atoms with Gasteiger partial charge in [0, 0.05) is 6.20 Å². The molecule has 4 heteroatoms. The van der Waals surface area contributed by atoms with Crippen LogP contribution in [0.3, 0.4) is 0 Å². The third-order valence-corrected chi connectivity index (χ3v) is 1.94. The summed E-state index contributed by atoms with van der Waals surface area (Å²) in [6.45, 7) is 5.19. The van der Waals surface area contributed by atoms with Crippen LogP contribution in [-0.4, -0.2) is 4.98 Å². The van der Waals surface area contributed by atoms with Gasteiger partial charge in [-0.25, -0.2) is 0 Å². The summed E-state index contributed by atoms with van der Waals surface area (Å²) in [5.41, 5.74) is 0.248. The second-order valence-corrected chi connectivity index (χ2v) is 3.60. The summed E-state index contributed by atoms with van der Waals surface area (Å²) in [7, 11) is 0. The van der Waals surface area contributed by atoms with Gasteiger partial charge in [-0.2, -0.15) is 13.2 Å². The summed E-state index contributed by atoms with van der Waals surface area (Å²) in [6, 6.07) is 1.54. The van der Waals surface area contributed by atoms with E-state index in [0.717, 1.165) is 5.56 Å². The Bertz CT molecular complexity index is 329. The minimum Gasteiger partial charge on any atom is -0.251 e. The van der Waals surface area contributed by atoms with Crippen molar-refractivity contribution in [2.75, 3.05) is 0 Å². The largest absolute Gasteiger partial charge is 0.433 e. The maximum atomic E-state index is 12.5. The number of hydrogen-bond donors (Lipinski definition) is 0. The molecule has 1 heterocycles. The first-order chi connectivity index (χ1) is 6.32. The summed E-state index contributed by atoms with van der Waals surface area (Å²) >= 11 is 0. The van der Waals surface area contributed by atoms with Crippen LogP contribution in [0.4, 0.5) is 13.2 Å². The number of alkyl halides is 3. The fourth-order valence-corrected chi connectivity index (χ4v) is 1.27. The zero-order valence-corrected chi connectivity index (χ0v) is 8.31. The molecule has 1 rings (SSSR count). The Balaban J connectivity index is 3.29. The Labute approximate surface area is 81.0 Å². The van der Waals surface area contributed by atoms with Crippen molar-refractivity contribution in [3.63, 3.8) is 0 Å². The van der Waals surface area contributed by atoms with Gasteiger partial charge < -0.3 is 0 Å². The lowest BCUT2D eigenvalue weighted by atomic mass is 10.00. The van der Waals surface area contributed by atoms with Gasteiger partial charge >= 0.3 is 6.18 Å². The van der Waals surface area contributed by atoms with Crippen molar-refractivity contribution in [1.82, 2.24) is 4.98 Å². The number of halogens is 3. The van der Waals surface area contributed by atoms with Crippen LogP contribution in [0, 0.1) is 6.92 Å². The first-order valence-corrected chi connectivity index (χ1v) is 4.36. The molecule has 0 saturated heterocycles. The van der Waals surface area contributed by atoms with E-state index < -0.39 is 11.9 Å². The Hall–Kier alpha value is -1.06. The molecule has 78 valence electrons. The van der Waals surface area contributed by atoms with Crippen molar-refractivity contribution in [2.45, 2.75) is 32.9 Å². The van der Waals surface area contributed by atoms with Gasteiger partial charge in [-0.15, -0.1) is 0 Å². The highest BCUT2D eigenvalue weighted by Crippen LogP contribution is 2.33. The zero-order chi connectivity index (χ0) is 10.9. The lowest BCUT2D eigenvalue weighted by molar-refractivity contribution is -0.142. The molecular formula is C10H12F3N. The van der Waals surface area contributed by atoms with Gasteiger partial charge in [-0.1, -0.05) is 19.9 Å². The van der Waals surface area contributed by atoms with Crippen LogP contribution in [0.2, 0.25) is 0 Å². The standard InChI is InChI=1S/C10H12F3N/c1-6(2)8-4-7(3)5-14-9(8)10(11,12)13/h4-6H,1-3H3. The van der Waals surface area contributed by atoms with Crippen molar-refractivity contribution in [1.29, 1.82) is 0 Å². The molecular weight excluding hydrogens is 191 g/mol. The molecule has 0 unspecified atom stereocenters. The molecule has 0 aliphatic rings. The van der Waals surface area contributed by atoms with E-state index in [-0.39, 0.29) is 11.5 Å². The van der Waals surface area contributed by atoms with Gasteiger partial charge in [0.25, 0.3) is 0 Å². The second kappa shape index (κ2) is 3.59. The predicted molar refractivity (Wildman–Crippen MR) is 48.1 cm³/mol. The molecule has 0 bridgehead atoms. The van der Waals surface area contributed by atoms with Gasteiger partial charge in [0.2, 0.25) is 0 Å². The van der Waals surface area contributed by atoms with E-state index in [1.54, 1.807) is 26.8 Å². The lowest BCUT2D eigenvalue weighted by Gasteiger charge is -2.14. The van der Waals surface area contributed by atoms with E-state index in [4.69, 9.17) is 0 Å². The number of rotatable bonds is 1. The molecule has 0 amide bonds. The minimum absolute atomic E-state index is 0.168.